The summed E-state index contributed by atoms with van der Waals surface area (Å²) in [7, 11) is 0. The van der Waals surface area contributed by atoms with Crippen molar-refractivity contribution in [3.05, 3.63) is 47.9 Å². The highest BCUT2D eigenvalue weighted by Crippen LogP contribution is 2.28. The zero-order chi connectivity index (χ0) is 30.8. The van der Waals surface area contributed by atoms with E-state index in [4.69, 9.17) is 10.3 Å². The molecule has 4 amide bonds. The average molecular weight is 595 g/mol. The Morgan fingerprint density at radius 3 is 2.40 bits per heavy atom. The van der Waals surface area contributed by atoms with E-state index in [9.17, 15) is 19.2 Å². The number of rotatable bonds is 12. The molecule has 11 nitrogen and oxygen atoms in total. The lowest BCUT2D eigenvalue weighted by Gasteiger charge is -2.31. The van der Waals surface area contributed by atoms with Crippen LogP contribution in [-0.4, -0.2) is 65.4 Å². The number of piperidine rings is 1. The standard InChI is InChI=1S/C32H46N6O5/c1-3-21(2)28(31(41)35-25-11-7-10-24(19-25)32(42)38-16-13-23(20-33)14-17-38)37-29(39)26(18-22-8-5-4-6-9-22)36-30(40)27-12-15-34-43-27/h7,10-12,15,19,21-23,26,28H,3-6,8-9,13-14,16-18,20,33H2,1-2H3,(H,35,41)(H,36,40)(H,37,39)/t21-,26-,28-/m0/s1. The predicted octanol–water partition coefficient (Wildman–Crippen LogP) is 3.72. The summed E-state index contributed by atoms with van der Waals surface area (Å²) in [6.07, 6.45) is 9.63. The van der Waals surface area contributed by atoms with Crippen molar-refractivity contribution in [2.24, 2.45) is 23.5 Å². The van der Waals surface area contributed by atoms with Gasteiger partial charge in [0.15, 0.2) is 0 Å². The molecular formula is C32H46N6O5. The molecule has 11 heteroatoms. The lowest BCUT2D eigenvalue weighted by molar-refractivity contribution is -0.129. The van der Waals surface area contributed by atoms with Gasteiger partial charge in [-0.1, -0.05) is 63.6 Å². The van der Waals surface area contributed by atoms with Gasteiger partial charge in [-0.3, -0.25) is 19.2 Å². The number of nitrogens with two attached hydrogens (primary N) is 1. The number of nitrogens with one attached hydrogen (secondary N) is 3. The van der Waals surface area contributed by atoms with Crippen LogP contribution >= 0.6 is 0 Å². The molecule has 5 N–H and O–H groups in total. The normalized spacial score (nSPS) is 18.3. The average Bonchev–Trinajstić information content (AvgIpc) is 3.58. The molecule has 1 aromatic heterocycles. The van der Waals surface area contributed by atoms with E-state index in [2.05, 4.69) is 21.1 Å². The van der Waals surface area contributed by atoms with Gasteiger partial charge in [-0.25, -0.2) is 0 Å². The van der Waals surface area contributed by atoms with Crippen molar-refractivity contribution in [3.8, 4) is 0 Å². The molecule has 4 rings (SSSR count). The molecule has 2 fully saturated rings. The Morgan fingerprint density at radius 2 is 1.74 bits per heavy atom. The van der Waals surface area contributed by atoms with Crippen molar-refractivity contribution in [1.29, 1.82) is 0 Å². The van der Waals surface area contributed by atoms with Crippen molar-refractivity contribution < 1.29 is 23.7 Å². The summed E-state index contributed by atoms with van der Waals surface area (Å²) < 4.78 is 4.99. The number of benzene rings is 1. The van der Waals surface area contributed by atoms with Gasteiger partial charge in [0.25, 0.3) is 11.8 Å². The second-order valence-corrected chi connectivity index (χ2v) is 12.1. The summed E-state index contributed by atoms with van der Waals surface area (Å²) in [5, 5.41) is 12.2. The third-order valence-corrected chi connectivity index (χ3v) is 8.98. The van der Waals surface area contributed by atoms with Crippen LogP contribution in [0.15, 0.2) is 41.1 Å². The highest BCUT2D eigenvalue weighted by molar-refractivity contribution is 6.01. The van der Waals surface area contributed by atoms with Crippen LogP contribution in [0, 0.1) is 17.8 Å². The first kappa shape index (κ1) is 32.2. The van der Waals surface area contributed by atoms with Gasteiger partial charge < -0.3 is 31.1 Å². The molecule has 1 saturated heterocycles. The van der Waals surface area contributed by atoms with Gasteiger partial charge in [0.05, 0.1) is 6.20 Å². The van der Waals surface area contributed by atoms with Crippen molar-refractivity contribution in [3.63, 3.8) is 0 Å². The van der Waals surface area contributed by atoms with E-state index in [0.717, 1.165) is 38.5 Å². The lowest BCUT2D eigenvalue weighted by atomic mass is 9.84. The molecule has 2 heterocycles. The molecule has 43 heavy (non-hydrogen) atoms. The summed E-state index contributed by atoms with van der Waals surface area (Å²) >= 11 is 0. The Balaban J connectivity index is 1.44. The molecule has 0 radical (unpaired) electrons. The molecule has 0 bridgehead atoms. The largest absolute Gasteiger partial charge is 0.351 e. The van der Waals surface area contributed by atoms with Crippen LogP contribution in [0.2, 0.25) is 0 Å². The van der Waals surface area contributed by atoms with Crippen molar-refractivity contribution in [1.82, 2.24) is 20.7 Å². The smallest absolute Gasteiger partial charge is 0.290 e. The number of hydrogen-bond acceptors (Lipinski definition) is 7. The maximum atomic E-state index is 13.7. The van der Waals surface area contributed by atoms with Crippen molar-refractivity contribution in [2.75, 3.05) is 25.0 Å². The zero-order valence-electron chi connectivity index (χ0n) is 25.3. The summed E-state index contributed by atoms with van der Waals surface area (Å²) in [6, 6.07) is 6.66. The summed E-state index contributed by atoms with van der Waals surface area (Å²) in [5.41, 5.74) is 6.77. The number of carbonyl (C=O) groups excluding carboxylic acids is 4. The molecule has 3 atom stereocenters. The van der Waals surface area contributed by atoms with Crippen LogP contribution < -0.4 is 21.7 Å². The van der Waals surface area contributed by atoms with Gasteiger partial charge in [-0.05, 0) is 61.8 Å². The number of aromatic nitrogens is 1. The Bertz CT molecular complexity index is 1220. The minimum absolute atomic E-state index is 0.0239. The van der Waals surface area contributed by atoms with E-state index >= 15 is 0 Å². The van der Waals surface area contributed by atoms with E-state index in [1.165, 1.54) is 18.7 Å². The molecule has 1 aliphatic carbocycles. The number of likely N-dealkylation sites (tertiary alicyclic amines) is 1. The lowest BCUT2D eigenvalue weighted by Crippen LogP contribution is -2.55. The Hall–Kier alpha value is -3.73. The first-order chi connectivity index (χ1) is 20.8. The second kappa shape index (κ2) is 15.7. The van der Waals surface area contributed by atoms with Crippen LogP contribution in [0.5, 0.6) is 0 Å². The minimum atomic E-state index is -0.844. The Morgan fingerprint density at radius 1 is 1.00 bits per heavy atom. The first-order valence-electron chi connectivity index (χ1n) is 15.7. The topological polar surface area (TPSA) is 160 Å². The number of anilines is 1. The number of amides is 4. The molecule has 1 saturated carbocycles. The monoisotopic (exact) mass is 594 g/mol. The molecule has 1 aromatic carbocycles. The SMILES string of the molecule is CC[C@H](C)[C@H](NC(=O)[C@H](CC1CCCCC1)NC(=O)c1ccno1)C(=O)Nc1cccc(C(=O)N2CCC(CN)CC2)c1. The highest BCUT2D eigenvalue weighted by Gasteiger charge is 2.32. The Kier molecular flexibility index (Phi) is 11.7. The predicted molar refractivity (Wildman–Crippen MR) is 163 cm³/mol. The van der Waals surface area contributed by atoms with Crippen LogP contribution in [-0.2, 0) is 9.59 Å². The zero-order valence-corrected chi connectivity index (χ0v) is 25.3. The summed E-state index contributed by atoms with van der Waals surface area (Å²) in [5.74, 6) is -0.804. The second-order valence-electron chi connectivity index (χ2n) is 12.1. The van der Waals surface area contributed by atoms with Crippen molar-refractivity contribution in [2.45, 2.75) is 83.7 Å². The summed E-state index contributed by atoms with van der Waals surface area (Å²) in [4.78, 5) is 55.0. The third kappa shape index (κ3) is 8.89. The van der Waals surface area contributed by atoms with Gasteiger partial charge in [0.1, 0.15) is 12.1 Å². The Labute approximate surface area is 253 Å². The van der Waals surface area contributed by atoms with Gasteiger partial charge in [0, 0.05) is 30.4 Å². The fraction of sp³-hybridized carbons (Fsp3) is 0.594. The molecular weight excluding hydrogens is 548 g/mol. The van der Waals surface area contributed by atoms with Gasteiger partial charge in [0.2, 0.25) is 17.6 Å². The van der Waals surface area contributed by atoms with Gasteiger partial charge in [-0.15, -0.1) is 0 Å². The van der Waals surface area contributed by atoms with E-state index < -0.39 is 23.9 Å². The van der Waals surface area contributed by atoms with E-state index in [1.54, 1.807) is 24.3 Å². The maximum absolute atomic E-state index is 13.7. The number of nitrogens with zero attached hydrogens (tertiary/aromatic N) is 2. The quantitative estimate of drug-likeness (QED) is 0.291. The number of hydrogen-bond donors (Lipinski definition) is 4. The molecule has 0 unspecified atom stereocenters. The van der Waals surface area contributed by atoms with E-state index in [-0.39, 0.29) is 23.5 Å². The molecule has 1 aliphatic heterocycles. The van der Waals surface area contributed by atoms with Crippen LogP contribution in [0.1, 0.15) is 92.5 Å². The van der Waals surface area contributed by atoms with Crippen molar-refractivity contribution >= 4 is 29.3 Å². The first-order valence-corrected chi connectivity index (χ1v) is 15.7. The molecule has 0 spiro atoms. The van der Waals surface area contributed by atoms with Gasteiger partial charge >= 0.3 is 0 Å². The van der Waals surface area contributed by atoms with Gasteiger partial charge in [-0.2, -0.15) is 0 Å². The summed E-state index contributed by atoms with van der Waals surface area (Å²) in [6.45, 7) is 5.81. The number of carbonyl (C=O) groups is 4. The maximum Gasteiger partial charge on any atom is 0.290 e. The fourth-order valence-corrected chi connectivity index (χ4v) is 6.01. The molecule has 2 aromatic rings. The minimum Gasteiger partial charge on any atom is -0.351 e. The molecule has 234 valence electrons. The molecule has 2 aliphatic rings. The van der Waals surface area contributed by atoms with E-state index in [1.807, 2.05) is 18.7 Å². The van der Waals surface area contributed by atoms with E-state index in [0.29, 0.717) is 55.6 Å². The fourth-order valence-electron chi connectivity index (χ4n) is 6.01. The van der Waals surface area contributed by atoms with Crippen LogP contribution in [0.4, 0.5) is 5.69 Å². The van der Waals surface area contributed by atoms with Crippen LogP contribution in [0.3, 0.4) is 0 Å². The third-order valence-electron chi connectivity index (χ3n) is 8.98. The highest BCUT2D eigenvalue weighted by atomic mass is 16.5. The van der Waals surface area contributed by atoms with Crippen LogP contribution in [0.25, 0.3) is 0 Å².